The van der Waals surface area contributed by atoms with E-state index in [2.05, 4.69) is 10.3 Å². The summed E-state index contributed by atoms with van der Waals surface area (Å²) in [4.78, 5) is 27.7. The Hall–Kier alpha value is -3.07. The number of rotatable bonds is 1. The average Bonchev–Trinajstić information content (AvgIpc) is 2.51. The number of nitrogens with one attached hydrogen (secondary N) is 2. The van der Waals surface area contributed by atoms with E-state index < -0.39 is 5.56 Å². The van der Waals surface area contributed by atoms with E-state index >= 15 is 0 Å². The number of fused-ring (bicyclic) bond motifs is 1. The number of benzene rings is 1. The maximum absolute atomic E-state index is 11.8. The number of anilines is 2. The summed E-state index contributed by atoms with van der Waals surface area (Å²) < 4.78 is 0. The van der Waals surface area contributed by atoms with Crippen LogP contribution in [0.3, 0.4) is 0 Å². The highest BCUT2D eigenvalue weighted by Gasteiger charge is 2.21. The van der Waals surface area contributed by atoms with Gasteiger partial charge in [-0.05, 0) is 30.7 Å². The van der Waals surface area contributed by atoms with Gasteiger partial charge in [-0.25, -0.2) is 0 Å². The van der Waals surface area contributed by atoms with E-state index in [9.17, 15) is 9.59 Å². The fourth-order valence-corrected chi connectivity index (χ4v) is 2.56. The van der Waals surface area contributed by atoms with Crippen molar-refractivity contribution in [3.05, 3.63) is 45.9 Å². The number of H-pyrrole nitrogens is 1. The molecule has 0 unspecified atom stereocenters. The van der Waals surface area contributed by atoms with E-state index in [0.29, 0.717) is 5.69 Å². The van der Waals surface area contributed by atoms with Gasteiger partial charge in [-0.3, -0.25) is 9.59 Å². The van der Waals surface area contributed by atoms with E-state index in [4.69, 9.17) is 5.26 Å². The lowest BCUT2D eigenvalue weighted by molar-refractivity contribution is -0.116. The first-order valence-electron chi connectivity index (χ1n) is 6.80. The zero-order valence-corrected chi connectivity index (χ0v) is 12.2. The number of amides is 1. The lowest BCUT2D eigenvalue weighted by Gasteiger charge is -2.27. The smallest absolute Gasteiger partial charge is 0.266 e. The molecule has 0 aliphatic carbocycles. The third-order valence-corrected chi connectivity index (χ3v) is 3.83. The third kappa shape index (κ3) is 2.13. The summed E-state index contributed by atoms with van der Waals surface area (Å²) in [6.07, 6.45) is 0. The molecule has 0 saturated carbocycles. The van der Waals surface area contributed by atoms with Crippen molar-refractivity contribution in [2.45, 2.75) is 6.92 Å². The highest BCUT2D eigenvalue weighted by molar-refractivity contribution is 6.03. The van der Waals surface area contributed by atoms with Crippen molar-refractivity contribution >= 4 is 17.3 Å². The molecule has 2 aromatic rings. The van der Waals surface area contributed by atoms with Crippen molar-refractivity contribution in [1.29, 1.82) is 5.26 Å². The van der Waals surface area contributed by atoms with Gasteiger partial charge in [-0.1, -0.05) is 6.07 Å². The second-order valence-electron chi connectivity index (χ2n) is 5.20. The molecule has 0 radical (unpaired) electrons. The number of nitrogens with zero attached hydrogens (tertiary/aromatic N) is 2. The molecule has 110 valence electrons. The number of carbonyl (C=O) groups is 1. The summed E-state index contributed by atoms with van der Waals surface area (Å²) in [5.41, 5.74) is 3.63. The van der Waals surface area contributed by atoms with Gasteiger partial charge in [0.1, 0.15) is 11.6 Å². The summed E-state index contributed by atoms with van der Waals surface area (Å²) in [5.74, 6) is -0.0134. The minimum atomic E-state index is -0.393. The van der Waals surface area contributed by atoms with Crippen LogP contribution in [0.5, 0.6) is 0 Å². The lowest BCUT2D eigenvalue weighted by Crippen LogP contribution is -2.36. The average molecular weight is 294 g/mol. The van der Waals surface area contributed by atoms with E-state index in [0.717, 1.165) is 22.5 Å². The van der Waals surface area contributed by atoms with Gasteiger partial charge in [0.05, 0.1) is 17.9 Å². The summed E-state index contributed by atoms with van der Waals surface area (Å²) in [5, 5.41) is 12.1. The Balaban J connectivity index is 2.17. The second-order valence-corrected chi connectivity index (χ2v) is 5.20. The molecule has 2 heterocycles. The van der Waals surface area contributed by atoms with Gasteiger partial charge in [-0.2, -0.15) is 5.26 Å². The van der Waals surface area contributed by atoms with Gasteiger partial charge < -0.3 is 15.2 Å². The number of hydrogen-bond donors (Lipinski definition) is 2. The Morgan fingerprint density at radius 1 is 1.27 bits per heavy atom. The molecule has 1 aliphatic rings. The van der Waals surface area contributed by atoms with Crippen LogP contribution in [0.25, 0.3) is 11.1 Å². The first kappa shape index (κ1) is 13.9. The molecule has 0 saturated heterocycles. The van der Waals surface area contributed by atoms with Crippen LogP contribution in [0, 0.1) is 18.3 Å². The van der Waals surface area contributed by atoms with Gasteiger partial charge in [-0.15, -0.1) is 0 Å². The number of aromatic amines is 1. The maximum Gasteiger partial charge on any atom is 0.266 e. The standard InChI is InChI=1S/C16H14N4O2/c1-9-12(5-11(7-17)16(22)19-9)10-3-4-13-14(6-10)20(2)15(21)8-18-13/h3-6,18H,8H2,1-2H3,(H,19,22). The van der Waals surface area contributed by atoms with Gasteiger partial charge >= 0.3 is 0 Å². The van der Waals surface area contributed by atoms with Crippen molar-refractivity contribution in [2.24, 2.45) is 0 Å². The quantitative estimate of drug-likeness (QED) is 0.836. The van der Waals surface area contributed by atoms with Crippen molar-refractivity contribution in [3.8, 4) is 17.2 Å². The number of aromatic nitrogens is 1. The van der Waals surface area contributed by atoms with Gasteiger partial charge in [0.25, 0.3) is 5.56 Å². The molecule has 3 rings (SSSR count). The number of carbonyl (C=O) groups excluding carboxylic acids is 1. The fraction of sp³-hybridized carbons (Fsp3) is 0.188. The Morgan fingerprint density at radius 2 is 2.05 bits per heavy atom. The number of hydrogen-bond acceptors (Lipinski definition) is 4. The van der Waals surface area contributed by atoms with Crippen molar-refractivity contribution < 1.29 is 4.79 Å². The zero-order valence-electron chi connectivity index (χ0n) is 12.2. The van der Waals surface area contributed by atoms with Crippen LogP contribution in [-0.2, 0) is 4.79 Å². The van der Waals surface area contributed by atoms with Crippen molar-refractivity contribution in [2.75, 3.05) is 23.8 Å². The van der Waals surface area contributed by atoms with Crippen LogP contribution in [0.4, 0.5) is 11.4 Å². The molecular formula is C16H14N4O2. The largest absolute Gasteiger partial charge is 0.374 e. The monoisotopic (exact) mass is 294 g/mol. The Labute approximate surface area is 127 Å². The molecule has 1 aromatic heterocycles. The van der Waals surface area contributed by atoms with Crippen LogP contribution in [0.2, 0.25) is 0 Å². The first-order chi connectivity index (χ1) is 10.5. The van der Waals surface area contributed by atoms with Crippen LogP contribution < -0.4 is 15.8 Å². The SMILES string of the molecule is Cc1[nH]c(=O)c(C#N)cc1-c1ccc2c(c1)N(C)C(=O)CN2. The predicted octanol–water partition coefficient (Wildman–Crippen LogP) is 1.61. The summed E-state index contributed by atoms with van der Waals surface area (Å²) in [7, 11) is 1.73. The molecule has 1 amide bonds. The topological polar surface area (TPSA) is 89.0 Å². The number of likely N-dealkylation sites (N-methyl/N-ethyl adjacent to an activating group) is 1. The van der Waals surface area contributed by atoms with Crippen LogP contribution in [0.1, 0.15) is 11.3 Å². The van der Waals surface area contributed by atoms with Crippen LogP contribution >= 0.6 is 0 Å². The maximum atomic E-state index is 11.8. The van der Waals surface area contributed by atoms with Crippen molar-refractivity contribution in [3.63, 3.8) is 0 Å². The molecule has 0 bridgehead atoms. The van der Waals surface area contributed by atoms with Crippen LogP contribution in [-0.4, -0.2) is 24.5 Å². The summed E-state index contributed by atoms with van der Waals surface area (Å²) in [6.45, 7) is 2.06. The number of aryl methyl sites for hydroxylation is 1. The third-order valence-electron chi connectivity index (χ3n) is 3.83. The number of nitriles is 1. The molecule has 0 spiro atoms. The zero-order chi connectivity index (χ0) is 15.9. The normalized spacial score (nSPS) is 13.3. The number of pyridine rings is 1. The van der Waals surface area contributed by atoms with Crippen LogP contribution in [0.15, 0.2) is 29.1 Å². The van der Waals surface area contributed by atoms with Gasteiger partial charge in [0.2, 0.25) is 5.91 Å². The van der Waals surface area contributed by atoms with Gasteiger partial charge in [0.15, 0.2) is 0 Å². The first-order valence-corrected chi connectivity index (χ1v) is 6.80. The Bertz CT molecular complexity index is 877. The molecule has 0 atom stereocenters. The molecular weight excluding hydrogens is 280 g/mol. The Morgan fingerprint density at radius 3 is 2.77 bits per heavy atom. The Kier molecular flexibility index (Phi) is 3.18. The highest BCUT2D eigenvalue weighted by atomic mass is 16.2. The molecule has 6 heteroatoms. The summed E-state index contributed by atoms with van der Waals surface area (Å²) >= 11 is 0. The fourth-order valence-electron chi connectivity index (χ4n) is 2.56. The van der Waals surface area contributed by atoms with E-state index in [-0.39, 0.29) is 18.0 Å². The minimum Gasteiger partial charge on any atom is -0.374 e. The highest BCUT2D eigenvalue weighted by Crippen LogP contribution is 2.34. The van der Waals surface area contributed by atoms with E-state index in [1.165, 1.54) is 0 Å². The van der Waals surface area contributed by atoms with E-state index in [1.807, 2.05) is 24.3 Å². The van der Waals surface area contributed by atoms with Crippen molar-refractivity contribution in [1.82, 2.24) is 4.98 Å². The summed E-state index contributed by atoms with van der Waals surface area (Å²) in [6, 6.07) is 9.14. The molecule has 0 fully saturated rings. The molecule has 2 N–H and O–H groups in total. The van der Waals surface area contributed by atoms with Gasteiger partial charge in [0, 0.05) is 18.3 Å². The molecule has 1 aromatic carbocycles. The minimum absolute atomic E-state index is 0.0134. The molecule has 6 nitrogen and oxygen atoms in total. The van der Waals surface area contributed by atoms with E-state index in [1.54, 1.807) is 24.9 Å². The second kappa shape index (κ2) is 5.04. The predicted molar refractivity (Wildman–Crippen MR) is 83.9 cm³/mol. The lowest BCUT2D eigenvalue weighted by atomic mass is 10.0. The molecule has 1 aliphatic heterocycles. The molecule has 22 heavy (non-hydrogen) atoms.